The Balaban J connectivity index is 1.81. The van der Waals surface area contributed by atoms with Crippen molar-refractivity contribution >= 4 is 17.0 Å². The Morgan fingerprint density at radius 3 is 2.71 bits per heavy atom. The van der Waals surface area contributed by atoms with Crippen molar-refractivity contribution in [2.75, 3.05) is 12.1 Å². The van der Waals surface area contributed by atoms with Crippen LogP contribution in [0.4, 0.5) is 5.82 Å². The van der Waals surface area contributed by atoms with Gasteiger partial charge in [0.1, 0.15) is 6.33 Å². The summed E-state index contributed by atoms with van der Waals surface area (Å²) < 4.78 is 1.98. The van der Waals surface area contributed by atoms with E-state index in [2.05, 4.69) is 21.9 Å². The summed E-state index contributed by atoms with van der Waals surface area (Å²) in [5.74, 6) is 0.670. The average Bonchev–Trinajstić information content (AvgIpc) is 2.96. The number of anilines is 1. The summed E-state index contributed by atoms with van der Waals surface area (Å²) in [4.78, 5) is 18.7. The zero-order valence-electron chi connectivity index (χ0n) is 12.1. The molecule has 0 atom stereocenters. The van der Waals surface area contributed by atoms with Crippen molar-refractivity contribution in [2.24, 2.45) is 0 Å². The molecule has 6 heteroatoms. The molecule has 2 heterocycles. The van der Waals surface area contributed by atoms with E-state index < -0.39 is 0 Å². The molecule has 0 amide bonds. The molecule has 1 aromatic carbocycles. The number of hydroxylamine groups is 1. The zero-order valence-corrected chi connectivity index (χ0v) is 12.1. The van der Waals surface area contributed by atoms with Crippen LogP contribution < -0.4 is 5.06 Å². The first-order valence-corrected chi connectivity index (χ1v) is 6.86. The molecule has 0 radical (unpaired) electrons. The largest absolute Gasteiger partial charge is 0.315 e. The number of aryl methyl sites for hydroxylation is 1. The summed E-state index contributed by atoms with van der Waals surface area (Å²) in [5, 5.41) is 1.64. The van der Waals surface area contributed by atoms with Crippen LogP contribution in [0.5, 0.6) is 0 Å². The topological polar surface area (TPSA) is 56.1 Å². The summed E-state index contributed by atoms with van der Waals surface area (Å²) >= 11 is 0. The van der Waals surface area contributed by atoms with Crippen LogP contribution in [0.25, 0.3) is 11.2 Å². The minimum Gasteiger partial charge on any atom is -0.315 e. The lowest BCUT2D eigenvalue weighted by atomic mass is 10.2. The van der Waals surface area contributed by atoms with Gasteiger partial charge in [0.15, 0.2) is 17.0 Å². The predicted molar refractivity (Wildman–Crippen MR) is 80.6 cm³/mol. The number of fused-ring (bicyclic) bond motifs is 1. The van der Waals surface area contributed by atoms with Gasteiger partial charge in [0, 0.05) is 13.6 Å². The van der Waals surface area contributed by atoms with Crippen LogP contribution in [0.1, 0.15) is 12.5 Å². The van der Waals surface area contributed by atoms with E-state index in [1.165, 1.54) is 6.33 Å². The lowest BCUT2D eigenvalue weighted by molar-refractivity contribution is 0.107. The molecular formula is C15H17N5O. The third-order valence-corrected chi connectivity index (χ3v) is 3.29. The monoisotopic (exact) mass is 283 g/mol. The van der Waals surface area contributed by atoms with Crippen LogP contribution in [0.3, 0.4) is 0 Å². The molecule has 21 heavy (non-hydrogen) atoms. The Bertz CT molecular complexity index is 725. The van der Waals surface area contributed by atoms with E-state index in [1.54, 1.807) is 11.4 Å². The Morgan fingerprint density at radius 1 is 1.14 bits per heavy atom. The minimum absolute atomic E-state index is 0.483. The van der Waals surface area contributed by atoms with Gasteiger partial charge in [-0.2, -0.15) is 0 Å². The van der Waals surface area contributed by atoms with Crippen molar-refractivity contribution < 1.29 is 4.84 Å². The highest BCUT2D eigenvalue weighted by Gasteiger charge is 2.13. The van der Waals surface area contributed by atoms with Crippen molar-refractivity contribution in [3.05, 3.63) is 48.5 Å². The molecular weight excluding hydrogens is 266 g/mol. The Hall–Kier alpha value is -2.47. The van der Waals surface area contributed by atoms with Crippen molar-refractivity contribution in [1.82, 2.24) is 19.5 Å². The van der Waals surface area contributed by atoms with Gasteiger partial charge in [0.05, 0.1) is 12.9 Å². The molecule has 0 bridgehead atoms. The van der Waals surface area contributed by atoms with Crippen LogP contribution in [0.15, 0.2) is 43.0 Å². The van der Waals surface area contributed by atoms with Gasteiger partial charge >= 0.3 is 0 Å². The molecule has 0 saturated carbocycles. The molecule has 108 valence electrons. The van der Waals surface area contributed by atoms with Gasteiger partial charge in [-0.1, -0.05) is 30.3 Å². The molecule has 3 rings (SSSR count). The number of imidazole rings is 1. The quantitative estimate of drug-likeness (QED) is 0.673. The maximum Gasteiger partial charge on any atom is 0.183 e. The van der Waals surface area contributed by atoms with Crippen LogP contribution in [0.2, 0.25) is 0 Å². The van der Waals surface area contributed by atoms with Crippen molar-refractivity contribution in [1.29, 1.82) is 0 Å². The number of hydrogen-bond acceptors (Lipinski definition) is 5. The standard InChI is InChI=1S/C15H17N5O/c1-3-20-11-18-13-14(16-10-17-15(13)20)19(2)21-9-12-7-5-4-6-8-12/h4-8,10-11H,3,9H2,1-2H3. The summed E-state index contributed by atoms with van der Waals surface area (Å²) in [7, 11) is 1.83. The van der Waals surface area contributed by atoms with Gasteiger partial charge in [0.2, 0.25) is 0 Å². The average molecular weight is 283 g/mol. The van der Waals surface area contributed by atoms with E-state index in [1.807, 2.05) is 41.9 Å². The Morgan fingerprint density at radius 2 is 1.95 bits per heavy atom. The highest BCUT2D eigenvalue weighted by atomic mass is 16.7. The Labute approximate surface area is 123 Å². The lowest BCUT2D eigenvalue weighted by Gasteiger charge is -2.17. The van der Waals surface area contributed by atoms with Crippen molar-refractivity contribution in [3.63, 3.8) is 0 Å². The first-order chi connectivity index (χ1) is 10.3. The van der Waals surface area contributed by atoms with Gasteiger partial charge in [-0.25, -0.2) is 20.0 Å². The minimum atomic E-state index is 0.483. The molecule has 0 spiro atoms. The predicted octanol–water partition coefficient (Wildman–Crippen LogP) is 2.41. The summed E-state index contributed by atoms with van der Waals surface area (Å²) in [5.41, 5.74) is 2.67. The van der Waals surface area contributed by atoms with Gasteiger partial charge in [0.25, 0.3) is 0 Å². The summed E-state index contributed by atoms with van der Waals surface area (Å²) in [6.07, 6.45) is 3.31. The van der Waals surface area contributed by atoms with Gasteiger partial charge in [-0.05, 0) is 12.5 Å². The molecule has 2 aromatic heterocycles. The molecule has 0 fully saturated rings. The van der Waals surface area contributed by atoms with Gasteiger partial charge in [-0.3, -0.25) is 4.84 Å². The van der Waals surface area contributed by atoms with Crippen LogP contribution in [0, 0.1) is 0 Å². The molecule has 0 N–H and O–H groups in total. The highest BCUT2D eigenvalue weighted by molar-refractivity contribution is 5.82. The number of aromatic nitrogens is 4. The number of hydrogen-bond donors (Lipinski definition) is 0. The van der Waals surface area contributed by atoms with E-state index in [0.29, 0.717) is 12.4 Å². The zero-order chi connectivity index (χ0) is 14.7. The van der Waals surface area contributed by atoms with Crippen LogP contribution in [-0.2, 0) is 18.0 Å². The molecule has 0 aliphatic heterocycles. The van der Waals surface area contributed by atoms with Crippen LogP contribution >= 0.6 is 0 Å². The fourth-order valence-electron chi connectivity index (χ4n) is 2.14. The van der Waals surface area contributed by atoms with E-state index in [4.69, 9.17) is 4.84 Å². The van der Waals surface area contributed by atoms with Crippen molar-refractivity contribution in [2.45, 2.75) is 20.1 Å². The smallest absolute Gasteiger partial charge is 0.183 e. The SMILES string of the molecule is CCn1cnc2c(N(C)OCc3ccccc3)ncnc21. The molecule has 0 aliphatic rings. The molecule has 3 aromatic rings. The fraction of sp³-hybridized carbons (Fsp3) is 0.267. The number of rotatable bonds is 5. The second-order valence-electron chi connectivity index (χ2n) is 4.66. The molecule has 0 saturated heterocycles. The Kier molecular flexibility index (Phi) is 3.79. The number of benzene rings is 1. The second kappa shape index (κ2) is 5.88. The fourth-order valence-corrected chi connectivity index (χ4v) is 2.14. The maximum absolute atomic E-state index is 5.76. The van der Waals surface area contributed by atoms with E-state index in [-0.39, 0.29) is 0 Å². The first-order valence-electron chi connectivity index (χ1n) is 6.86. The summed E-state index contributed by atoms with van der Waals surface area (Å²) in [6.45, 7) is 3.36. The normalized spacial score (nSPS) is 11.0. The molecule has 0 unspecified atom stereocenters. The van der Waals surface area contributed by atoms with Crippen molar-refractivity contribution in [3.8, 4) is 0 Å². The maximum atomic E-state index is 5.76. The number of nitrogens with zero attached hydrogens (tertiary/aromatic N) is 5. The van der Waals surface area contributed by atoms with Gasteiger partial charge < -0.3 is 4.57 Å². The third kappa shape index (κ3) is 2.71. The van der Waals surface area contributed by atoms with E-state index in [9.17, 15) is 0 Å². The summed E-state index contributed by atoms with van der Waals surface area (Å²) in [6, 6.07) is 10.0. The first kappa shape index (κ1) is 13.5. The lowest BCUT2D eigenvalue weighted by Crippen LogP contribution is -2.19. The van der Waals surface area contributed by atoms with E-state index >= 15 is 0 Å². The molecule has 0 aliphatic carbocycles. The highest BCUT2D eigenvalue weighted by Crippen LogP contribution is 2.21. The van der Waals surface area contributed by atoms with E-state index in [0.717, 1.165) is 23.3 Å². The third-order valence-electron chi connectivity index (χ3n) is 3.29. The molecule has 6 nitrogen and oxygen atoms in total. The van der Waals surface area contributed by atoms with Gasteiger partial charge in [-0.15, -0.1) is 0 Å². The second-order valence-corrected chi connectivity index (χ2v) is 4.66. The van der Waals surface area contributed by atoms with Crippen LogP contribution in [-0.4, -0.2) is 26.6 Å².